The number of halogens is 1. The van der Waals surface area contributed by atoms with Gasteiger partial charge in [-0.05, 0) is 48.4 Å². The van der Waals surface area contributed by atoms with Gasteiger partial charge in [0.1, 0.15) is 23.2 Å². The standard InChI is InChI=1S/C30H26ClNO6/c1-35-28(33)26-24-15-16-30(38-24,27(26)29(34)36-2)25(17-19-9-6-7-14-23(19)31)32-20-10-8-13-22(18-20)37-21-11-4-3-5-12-21/h3-16,18,24-25,32H,17H2,1-2H3. The normalized spacial score (nSPS) is 20.2. The number of hydrogen-bond acceptors (Lipinski definition) is 7. The fourth-order valence-electron chi connectivity index (χ4n) is 4.91. The van der Waals surface area contributed by atoms with Crippen LogP contribution in [0.3, 0.4) is 0 Å². The Balaban J connectivity index is 1.56. The Morgan fingerprint density at radius 3 is 2.39 bits per heavy atom. The van der Waals surface area contributed by atoms with Crippen LogP contribution in [-0.4, -0.2) is 43.9 Å². The molecule has 0 aromatic heterocycles. The number of benzene rings is 3. The third kappa shape index (κ3) is 4.78. The lowest BCUT2D eigenvalue weighted by Crippen LogP contribution is -2.49. The Morgan fingerprint density at radius 2 is 1.66 bits per heavy atom. The Kier molecular flexibility index (Phi) is 7.22. The molecule has 2 heterocycles. The second-order valence-electron chi connectivity index (χ2n) is 8.90. The van der Waals surface area contributed by atoms with Crippen LogP contribution in [0.25, 0.3) is 0 Å². The summed E-state index contributed by atoms with van der Waals surface area (Å²) in [5.41, 5.74) is 0.501. The van der Waals surface area contributed by atoms with E-state index >= 15 is 0 Å². The van der Waals surface area contributed by atoms with Gasteiger partial charge in [0.2, 0.25) is 0 Å². The van der Waals surface area contributed by atoms with Crippen molar-refractivity contribution in [1.82, 2.24) is 0 Å². The van der Waals surface area contributed by atoms with Crippen LogP contribution in [0.2, 0.25) is 5.02 Å². The molecule has 1 N–H and O–H groups in total. The van der Waals surface area contributed by atoms with Crippen LogP contribution in [-0.2, 0) is 30.2 Å². The maximum Gasteiger partial charge on any atom is 0.337 e. The molecule has 0 amide bonds. The van der Waals surface area contributed by atoms with Gasteiger partial charge in [0.25, 0.3) is 0 Å². The van der Waals surface area contributed by atoms with Crippen molar-refractivity contribution in [2.75, 3.05) is 19.5 Å². The van der Waals surface area contributed by atoms with Gasteiger partial charge in [-0.1, -0.05) is 60.1 Å². The molecule has 3 atom stereocenters. The van der Waals surface area contributed by atoms with Gasteiger partial charge in [0.05, 0.1) is 31.4 Å². The van der Waals surface area contributed by atoms with Crippen molar-refractivity contribution in [3.8, 4) is 11.5 Å². The minimum Gasteiger partial charge on any atom is -0.466 e. The summed E-state index contributed by atoms with van der Waals surface area (Å²) < 4.78 is 22.5. The molecule has 3 aromatic carbocycles. The summed E-state index contributed by atoms with van der Waals surface area (Å²) in [5, 5.41) is 4.09. The highest BCUT2D eigenvalue weighted by Crippen LogP contribution is 2.48. The third-order valence-electron chi connectivity index (χ3n) is 6.63. The summed E-state index contributed by atoms with van der Waals surface area (Å²) in [6.07, 6.45) is 3.19. The first-order valence-electron chi connectivity index (χ1n) is 12.1. The lowest BCUT2D eigenvalue weighted by molar-refractivity contribution is -0.139. The predicted molar refractivity (Wildman–Crippen MR) is 143 cm³/mol. The molecule has 2 bridgehead atoms. The summed E-state index contributed by atoms with van der Waals surface area (Å²) in [6, 6.07) is 23.8. The zero-order valence-electron chi connectivity index (χ0n) is 20.8. The largest absolute Gasteiger partial charge is 0.466 e. The molecule has 38 heavy (non-hydrogen) atoms. The number of rotatable bonds is 9. The van der Waals surface area contributed by atoms with Gasteiger partial charge < -0.3 is 24.3 Å². The zero-order valence-corrected chi connectivity index (χ0v) is 21.6. The van der Waals surface area contributed by atoms with Gasteiger partial charge in [0.15, 0.2) is 0 Å². The molecule has 0 radical (unpaired) electrons. The van der Waals surface area contributed by atoms with E-state index in [-0.39, 0.29) is 11.1 Å². The van der Waals surface area contributed by atoms with E-state index in [9.17, 15) is 9.59 Å². The summed E-state index contributed by atoms with van der Waals surface area (Å²) in [7, 11) is 2.54. The van der Waals surface area contributed by atoms with Crippen molar-refractivity contribution >= 4 is 29.2 Å². The number of methoxy groups -OCH3 is 2. The Morgan fingerprint density at radius 1 is 0.947 bits per heavy atom. The maximum absolute atomic E-state index is 13.1. The van der Waals surface area contributed by atoms with Gasteiger partial charge >= 0.3 is 11.9 Å². The minimum absolute atomic E-state index is 0.112. The van der Waals surface area contributed by atoms with E-state index in [1.165, 1.54) is 14.2 Å². The molecular weight excluding hydrogens is 506 g/mol. The lowest BCUT2D eigenvalue weighted by Gasteiger charge is -2.36. The third-order valence-corrected chi connectivity index (χ3v) is 7.00. The molecule has 0 saturated carbocycles. The first kappa shape index (κ1) is 25.6. The number of anilines is 1. The molecule has 3 unspecified atom stereocenters. The van der Waals surface area contributed by atoms with Crippen molar-refractivity contribution in [2.45, 2.75) is 24.2 Å². The van der Waals surface area contributed by atoms with E-state index in [1.54, 1.807) is 18.2 Å². The number of hydrogen-bond donors (Lipinski definition) is 1. The summed E-state index contributed by atoms with van der Waals surface area (Å²) in [6.45, 7) is 0. The fraction of sp³-hybridized carbons (Fsp3) is 0.200. The quantitative estimate of drug-likeness (QED) is 0.288. The number of ether oxygens (including phenoxy) is 4. The summed E-state index contributed by atoms with van der Waals surface area (Å²) in [5.74, 6) is 0.0253. The van der Waals surface area contributed by atoms with Crippen LogP contribution < -0.4 is 10.1 Å². The molecule has 7 nitrogen and oxygen atoms in total. The Bertz CT molecular complexity index is 1420. The zero-order chi connectivity index (χ0) is 26.7. The van der Waals surface area contributed by atoms with Gasteiger partial charge in [-0.2, -0.15) is 0 Å². The van der Waals surface area contributed by atoms with Crippen LogP contribution >= 0.6 is 11.6 Å². The van der Waals surface area contributed by atoms with E-state index in [4.69, 9.17) is 30.5 Å². The van der Waals surface area contributed by atoms with Crippen molar-refractivity contribution in [3.63, 3.8) is 0 Å². The summed E-state index contributed by atoms with van der Waals surface area (Å²) in [4.78, 5) is 25.8. The number of para-hydroxylation sites is 1. The number of carbonyl (C=O) groups excluding carboxylic acids is 2. The molecule has 8 heteroatoms. The number of nitrogens with one attached hydrogen (secondary N) is 1. The molecule has 2 aliphatic rings. The van der Waals surface area contributed by atoms with E-state index in [1.807, 2.05) is 72.8 Å². The molecule has 0 fully saturated rings. The SMILES string of the molecule is COC(=O)C1=C(C(=O)OC)C2(C(Cc3ccccc3Cl)Nc3cccc(Oc4ccccc4)c3)C=CC1O2. The van der Waals surface area contributed by atoms with Crippen molar-refractivity contribution in [3.05, 3.63) is 113 Å². The highest BCUT2D eigenvalue weighted by atomic mass is 35.5. The maximum atomic E-state index is 13.1. The van der Waals surface area contributed by atoms with Crippen LogP contribution in [0.15, 0.2) is 102 Å². The molecule has 5 rings (SSSR count). The van der Waals surface area contributed by atoms with E-state index in [0.29, 0.717) is 22.9 Å². The van der Waals surface area contributed by atoms with Crippen LogP contribution in [0.5, 0.6) is 11.5 Å². The first-order valence-corrected chi connectivity index (χ1v) is 12.4. The molecule has 2 aliphatic heterocycles. The predicted octanol–water partition coefficient (Wildman–Crippen LogP) is 5.51. The number of carbonyl (C=O) groups is 2. The second kappa shape index (κ2) is 10.7. The van der Waals surface area contributed by atoms with Crippen molar-refractivity contribution in [1.29, 1.82) is 0 Å². The van der Waals surface area contributed by atoms with Crippen molar-refractivity contribution in [2.24, 2.45) is 0 Å². The van der Waals surface area contributed by atoms with Gasteiger partial charge in [-0.15, -0.1) is 0 Å². The average molecular weight is 532 g/mol. The van der Waals surface area contributed by atoms with Gasteiger partial charge in [-0.25, -0.2) is 9.59 Å². The van der Waals surface area contributed by atoms with Gasteiger partial charge in [-0.3, -0.25) is 0 Å². The Hall–Kier alpha value is -4.07. The molecule has 0 aliphatic carbocycles. The smallest absolute Gasteiger partial charge is 0.337 e. The molecular formula is C30H26ClNO6. The highest BCUT2D eigenvalue weighted by Gasteiger charge is 2.58. The van der Waals surface area contributed by atoms with Gasteiger partial charge in [0, 0.05) is 16.8 Å². The van der Waals surface area contributed by atoms with E-state index in [2.05, 4.69) is 5.32 Å². The number of esters is 2. The molecule has 194 valence electrons. The lowest BCUT2D eigenvalue weighted by atomic mass is 9.79. The first-order chi connectivity index (χ1) is 18.4. The Labute approximate surface area is 225 Å². The monoisotopic (exact) mass is 531 g/mol. The van der Waals surface area contributed by atoms with Crippen LogP contribution in [0.4, 0.5) is 5.69 Å². The summed E-state index contributed by atoms with van der Waals surface area (Å²) >= 11 is 6.54. The van der Waals surface area contributed by atoms with E-state index in [0.717, 1.165) is 11.3 Å². The highest BCUT2D eigenvalue weighted by molar-refractivity contribution is 6.31. The number of fused-ring (bicyclic) bond motifs is 2. The fourth-order valence-corrected chi connectivity index (χ4v) is 5.12. The molecule has 0 spiro atoms. The molecule has 0 saturated heterocycles. The van der Waals surface area contributed by atoms with Crippen molar-refractivity contribution < 1.29 is 28.5 Å². The topological polar surface area (TPSA) is 83.1 Å². The average Bonchev–Trinajstić information content (AvgIpc) is 3.52. The van der Waals surface area contributed by atoms with Crippen LogP contribution in [0.1, 0.15) is 5.56 Å². The molecule has 3 aromatic rings. The minimum atomic E-state index is -1.31. The second-order valence-corrected chi connectivity index (χ2v) is 9.31. The van der Waals surface area contributed by atoms with Crippen LogP contribution in [0, 0.1) is 0 Å². The van der Waals surface area contributed by atoms with E-state index < -0.39 is 29.7 Å².